The lowest BCUT2D eigenvalue weighted by Gasteiger charge is -2.33. The third-order valence-corrected chi connectivity index (χ3v) is 5.19. The number of hydrogen-bond acceptors (Lipinski definition) is 1. The molecule has 0 radical (unpaired) electrons. The molecule has 1 aliphatic rings. The molecule has 0 spiro atoms. The standard InChI is InChI=1S/C21H24F3N/c1-14-16-7-4-5-8-18(16)19(9-6-12-25(2)3)20-13-15(21(22,23)24)10-11-17(14)20/h4-5,7-8,10-11,13-14,19H,6,9,12H2,1-3H3/t14-,19-/m1/s1. The molecule has 0 aliphatic heterocycles. The molecule has 0 N–H and O–H groups in total. The molecule has 2 aromatic carbocycles. The predicted octanol–water partition coefficient (Wildman–Crippen LogP) is 5.64. The summed E-state index contributed by atoms with van der Waals surface area (Å²) < 4.78 is 39.7. The zero-order valence-electron chi connectivity index (χ0n) is 14.9. The Morgan fingerprint density at radius 3 is 2.20 bits per heavy atom. The number of fused-ring (bicyclic) bond motifs is 2. The summed E-state index contributed by atoms with van der Waals surface area (Å²) in [6.07, 6.45) is -2.49. The Bertz CT molecular complexity index is 749. The maximum absolute atomic E-state index is 13.2. The first-order chi connectivity index (χ1) is 11.8. The minimum atomic E-state index is -4.30. The summed E-state index contributed by atoms with van der Waals surface area (Å²) in [7, 11) is 4.04. The van der Waals surface area contributed by atoms with Gasteiger partial charge in [-0.3, -0.25) is 0 Å². The van der Waals surface area contributed by atoms with Crippen LogP contribution in [0.4, 0.5) is 13.2 Å². The normalized spacial score (nSPS) is 19.6. The fourth-order valence-electron chi connectivity index (χ4n) is 3.93. The summed E-state index contributed by atoms with van der Waals surface area (Å²) >= 11 is 0. The molecule has 1 nitrogen and oxygen atoms in total. The van der Waals surface area contributed by atoms with Crippen LogP contribution in [-0.2, 0) is 6.18 Å². The summed E-state index contributed by atoms with van der Waals surface area (Å²) in [5.41, 5.74) is 3.75. The fourth-order valence-corrected chi connectivity index (χ4v) is 3.93. The minimum absolute atomic E-state index is 0.0321. The van der Waals surface area contributed by atoms with E-state index in [0.717, 1.165) is 30.5 Å². The minimum Gasteiger partial charge on any atom is -0.309 e. The van der Waals surface area contributed by atoms with Crippen LogP contribution in [0, 0.1) is 0 Å². The van der Waals surface area contributed by atoms with Crippen molar-refractivity contribution in [3.63, 3.8) is 0 Å². The number of nitrogens with zero attached hydrogens (tertiary/aromatic N) is 1. The lowest BCUT2D eigenvalue weighted by Crippen LogP contribution is -2.20. The van der Waals surface area contributed by atoms with E-state index in [9.17, 15) is 13.2 Å². The number of hydrogen-bond donors (Lipinski definition) is 0. The maximum atomic E-state index is 13.2. The molecule has 0 unspecified atom stereocenters. The van der Waals surface area contributed by atoms with Gasteiger partial charge in [-0.1, -0.05) is 37.3 Å². The first-order valence-electron chi connectivity index (χ1n) is 8.73. The van der Waals surface area contributed by atoms with Gasteiger partial charge in [-0.2, -0.15) is 13.2 Å². The highest BCUT2D eigenvalue weighted by molar-refractivity contribution is 5.53. The molecule has 1 aliphatic carbocycles. The molecule has 134 valence electrons. The topological polar surface area (TPSA) is 3.24 Å². The van der Waals surface area contributed by atoms with Crippen LogP contribution in [0.15, 0.2) is 42.5 Å². The second-order valence-corrected chi connectivity index (χ2v) is 7.19. The third kappa shape index (κ3) is 3.59. The van der Waals surface area contributed by atoms with Gasteiger partial charge in [0.05, 0.1) is 5.56 Å². The average molecular weight is 347 g/mol. The van der Waals surface area contributed by atoms with Crippen LogP contribution in [0.25, 0.3) is 0 Å². The summed E-state index contributed by atoms with van der Waals surface area (Å²) in [6, 6.07) is 12.5. The van der Waals surface area contributed by atoms with E-state index in [0.29, 0.717) is 0 Å². The molecule has 0 amide bonds. The third-order valence-electron chi connectivity index (χ3n) is 5.19. The second-order valence-electron chi connectivity index (χ2n) is 7.19. The summed E-state index contributed by atoms with van der Waals surface area (Å²) in [5, 5.41) is 0. The molecule has 0 bridgehead atoms. The first-order valence-corrected chi connectivity index (χ1v) is 8.73. The molecule has 3 rings (SSSR count). The molecular formula is C21H24F3N. The summed E-state index contributed by atoms with van der Waals surface area (Å²) in [6.45, 7) is 3.02. The van der Waals surface area contributed by atoms with Gasteiger partial charge < -0.3 is 4.90 Å². The summed E-state index contributed by atoms with van der Waals surface area (Å²) in [5.74, 6) is 0.156. The fraction of sp³-hybridized carbons (Fsp3) is 0.429. The smallest absolute Gasteiger partial charge is 0.309 e. The monoisotopic (exact) mass is 347 g/mol. The lowest BCUT2D eigenvalue weighted by atomic mass is 9.71. The van der Waals surface area contributed by atoms with E-state index < -0.39 is 11.7 Å². The van der Waals surface area contributed by atoms with Crippen LogP contribution < -0.4 is 0 Å². The molecule has 0 aromatic heterocycles. The van der Waals surface area contributed by atoms with Crippen molar-refractivity contribution >= 4 is 0 Å². The van der Waals surface area contributed by atoms with E-state index in [2.05, 4.69) is 24.0 Å². The van der Waals surface area contributed by atoms with Crippen molar-refractivity contribution in [2.24, 2.45) is 0 Å². The molecule has 25 heavy (non-hydrogen) atoms. The van der Waals surface area contributed by atoms with Crippen LogP contribution in [0.5, 0.6) is 0 Å². The van der Waals surface area contributed by atoms with Crippen LogP contribution >= 0.6 is 0 Å². The Balaban J connectivity index is 2.05. The van der Waals surface area contributed by atoms with Gasteiger partial charge in [-0.15, -0.1) is 0 Å². The Morgan fingerprint density at radius 2 is 1.56 bits per heavy atom. The molecule has 2 atom stereocenters. The van der Waals surface area contributed by atoms with Crippen LogP contribution in [-0.4, -0.2) is 25.5 Å². The van der Waals surface area contributed by atoms with Gasteiger partial charge in [-0.05, 0) is 67.9 Å². The number of rotatable bonds is 4. The molecule has 0 fully saturated rings. The van der Waals surface area contributed by atoms with E-state index in [1.807, 2.05) is 26.2 Å². The van der Waals surface area contributed by atoms with Crippen molar-refractivity contribution in [1.29, 1.82) is 0 Å². The van der Waals surface area contributed by atoms with Gasteiger partial charge in [0.2, 0.25) is 0 Å². The van der Waals surface area contributed by atoms with Gasteiger partial charge in [0.25, 0.3) is 0 Å². The Morgan fingerprint density at radius 1 is 0.920 bits per heavy atom. The highest BCUT2D eigenvalue weighted by atomic mass is 19.4. The zero-order chi connectivity index (χ0) is 18.2. The van der Waals surface area contributed by atoms with E-state index in [4.69, 9.17) is 0 Å². The number of alkyl halides is 3. The molecule has 2 aromatic rings. The molecule has 0 saturated heterocycles. The van der Waals surface area contributed by atoms with Crippen LogP contribution in [0.1, 0.15) is 59.4 Å². The Kier molecular flexibility index (Phi) is 4.92. The second kappa shape index (κ2) is 6.83. The Hall–Kier alpha value is -1.81. The van der Waals surface area contributed by atoms with E-state index in [-0.39, 0.29) is 11.8 Å². The van der Waals surface area contributed by atoms with Crippen molar-refractivity contribution in [1.82, 2.24) is 4.90 Å². The van der Waals surface area contributed by atoms with Gasteiger partial charge in [0.1, 0.15) is 0 Å². The van der Waals surface area contributed by atoms with Crippen molar-refractivity contribution in [3.8, 4) is 0 Å². The average Bonchev–Trinajstić information content (AvgIpc) is 2.56. The SMILES string of the molecule is C[C@@H]1c2ccccc2[C@@H](CCCN(C)C)c2cc(C(F)(F)F)ccc21. The van der Waals surface area contributed by atoms with Crippen molar-refractivity contribution in [3.05, 3.63) is 70.3 Å². The highest BCUT2D eigenvalue weighted by Crippen LogP contribution is 2.46. The highest BCUT2D eigenvalue weighted by Gasteiger charge is 2.35. The Labute approximate surface area is 147 Å². The zero-order valence-corrected chi connectivity index (χ0v) is 14.9. The molecule has 0 saturated carbocycles. The molecular weight excluding hydrogens is 323 g/mol. The van der Waals surface area contributed by atoms with E-state index >= 15 is 0 Å². The molecule has 4 heteroatoms. The predicted molar refractivity (Wildman–Crippen MR) is 95.0 cm³/mol. The molecule has 0 heterocycles. The van der Waals surface area contributed by atoms with E-state index in [1.54, 1.807) is 6.07 Å². The van der Waals surface area contributed by atoms with Gasteiger partial charge in [0.15, 0.2) is 0 Å². The van der Waals surface area contributed by atoms with Crippen molar-refractivity contribution < 1.29 is 13.2 Å². The van der Waals surface area contributed by atoms with Gasteiger partial charge in [0, 0.05) is 11.8 Å². The number of halogens is 3. The maximum Gasteiger partial charge on any atom is 0.416 e. The quantitative estimate of drug-likeness (QED) is 0.691. The van der Waals surface area contributed by atoms with Crippen molar-refractivity contribution in [2.45, 2.75) is 37.8 Å². The number of benzene rings is 2. The van der Waals surface area contributed by atoms with Gasteiger partial charge >= 0.3 is 6.18 Å². The van der Waals surface area contributed by atoms with Crippen molar-refractivity contribution in [2.75, 3.05) is 20.6 Å². The largest absolute Gasteiger partial charge is 0.416 e. The van der Waals surface area contributed by atoms with E-state index in [1.165, 1.54) is 23.3 Å². The van der Waals surface area contributed by atoms with Crippen LogP contribution in [0.2, 0.25) is 0 Å². The lowest BCUT2D eigenvalue weighted by molar-refractivity contribution is -0.137. The van der Waals surface area contributed by atoms with Crippen LogP contribution in [0.3, 0.4) is 0 Å². The van der Waals surface area contributed by atoms with Gasteiger partial charge in [-0.25, -0.2) is 0 Å². The first kappa shape index (κ1) is 18.0. The summed E-state index contributed by atoms with van der Waals surface area (Å²) in [4.78, 5) is 2.12.